The molecule has 0 spiro atoms. The first kappa shape index (κ1) is 20.6. The minimum atomic E-state index is -0.738. The second-order valence-corrected chi connectivity index (χ2v) is 9.21. The van der Waals surface area contributed by atoms with E-state index in [1.165, 1.54) is 4.90 Å². The molecule has 2 heterocycles. The maximum atomic E-state index is 13.5. The fraction of sp³-hybridized carbons (Fsp3) is 0.0435. The van der Waals surface area contributed by atoms with E-state index in [4.69, 9.17) is 39.2 Å². The van der Waals surface area contributed by atoms with Gasteiger partial charge in [-0.2, -0.15) is 0 Å². The number of anilines is 1. The van der Waals surface area contributed by atoms with Crippen molar-refractivity contribution in [1.29, 1.82) is 0 Å². The molecule has 31 heavy (non-hydrogen) atoms. The van der Waals surface area contributed by atoms with Crippen molar-refractivity contribution in [1.82, 2.24) is 0 Å². The molecular formula is C23H11BrCl3NO3. The molecule has 0 radical (unpaired) electrons. The van der Waals surface area contributed by atoms with Crippen LogP contribution in [0.4, 0.5) is 5.69 Å². The minimum absolute atomic E-state index is 0.00110. The Kier molecular flexibility index (Phi) is 5.10. The molecule has 1 aliphatic heterocycles. The van der Waals surface area contributed by atoms with Crippen molar-refractivity contribution in [3.05, 3.63) is 107 Å². The normalized spacial score (nSPS) is 15.5. The highest BCUT2D eigenvalue weighted by atomic mass is 79.9. The van der Waals surface area contributed by atoms with E-state index in [9.17, 15) is 9.59 Å². The van der Waals surface area contributed by atoms with Crippen molar-refractivity contribution < 1.29 is 9.21 Å². The van der Waals surface area contributed by atoms with Crippen LogP contribution in [0.15, 0.2) is 74.3 Å². The largest absolute Gasteiger partial charge is 0.450 e. The maximum absolute atomic E-state index is 13.5. The first-order valence-electron chi connectivity index (χ1n) is 9.15. The lowest BCUT2D eigenvalue weighted by atomic mass is 9.98. The summed E-state index contributed by atoms with van der Waals surface area (Å²) in [6, 6.07) is 16.3. The summed E-state index contributed by atoms with van der Waals surface area (Å²) in [5, 5.41) is 1.41. The van der Waals surface area contributed by atoms with Gasteiger partial charge in [0, 0.05) is 15.2 Å². The maximum Gasteiger partial charge on any atom is 0.295 e. The van der Waals surface area contributed by atoms with E-state index in [0.717, 1.165) is 4.47 Å². The highest BCUT2D eigenvalue weighted by molar-refractivity contribution is 9.10. The SMILES string of the molecule is O=C1c2oc3ccc(Cl)cc3c(=O)c2C(c2ccc(Cl)c(Cl)c2)N1c1ccc(Br)cc1. The first-order valence-corrected chi connectivity index (χ1v) is 11.1. The van der Waals surface area contributed by atoms with Gasteiger partial charge >= 0.3 is 0 Å². The summed E-state index contributed by atoms with van der Waals surface area (Å²) in [4.78, 5) is 28.5. The molecule has 1 aromatic heterocycles. The summed E-state index contributed by atoms with van der Waals surface area (Å²) in [5.41, 5.74) is 1.46. The van der Waals surface area contributed by atoms with Gasteiger partial charge in [-0.25, -0.2) is 0 Å². The monoisotopic (exact) mass is 533 g/mol. The van der Waals surface area contributed by atoms with Crippen LogP contribution in [0.1, 0.15) is 27.7 Å². The van der Waals surface area contributed by atoms with Crippen molar-refractivity contribution >= 4 is 73.3 Å². The number of carbonyl (C=O) groups is 1. The van der Waals surface area contributed by atoms with E-state index in [2.05, 4.69) is 15.9 Å². The zero-order chi connectivity index (χ0) is 21.9. The van der Waals surface area contributed by atoms with E-state index in [1.54, 1.807) is 48.5 Å². The molecule has 1 aliphatic rings. The number of carbonyl (C=O) groups excluding carboxylic acids is 1. The van der Waals surface area contributed by atoms with Gasteiger partial charge in [0.05, 0.1) is 27.0 Å². The molecule has 154 valence electrons. The number of hydrogen-bond donors (Lipinski definition) is 0. The Morgan fingerprint density at radius 3 is 2.32 bits per heavy atom. The van der Waals surface area contributed by atoms with Crippen molar-refractivity contribution in [2.45, 2.75) is 6.04 Å². The van der Waals surface area contributed by atoms with Gasteiger partial charge in [0.25, 0.3) is 5.91 Å². The molecule has 5 rings (SSSR count). The number of hydrogen-bond acceptors (Lipinski definition) is 3. The lowest BCUT2D eigenvalue weighted by Crippen LogP contribution is -2.29. The van der Waals surface area contributed by atoms with Gasteiger partial charge in [-0.15, -0.1) is 0 Å². The van der Waals surface area contributed by atoms with Crippen LogP contribution in [0.3, 0.4) is 0 Å². The second-order valence-electron chi connectivity index (χ2n) is 7.04. The fourth-order valence-electron chi connectivity index (χ4n) is 3.81. The third-order valence-electron chi connectivity index (χ3n) is 5.20. The van der Waals surface area contributed by atoms with Crippen LogP contribution in [0.2, 0.25) is 15.1 Å². The smallest absolute Gasteiger partial charge is 0.295 e. The number of halogens is 4. The summed E-state index contributed by atoms with van der Waals surface area (Å²) in [5.74, 6) is -0.416. The van der Waals surface area contributed by atoms with Gasteiger partial charge in [0.2, 0.25) is 5.76 Å². The number of benzene rings is 3. The molecule has 8 heteroatoms. The molecule has 4 nitrogen and oxygen atoms in total. The van der Waals surface area contributed by atoms with E-state index >= 15 is 0 Å². The Hall–Kier alpha value is -2.31. The molecule has 1 amide bonds. The van der Waals surface area contributed by atoms with Gasteiger partial charge in [0.1, 0.15) is 5.58 Å². The summed E-state index contributed by atoms with van der Waals surface area (Å²) >= 11 is 21.9. The van der Waals surface area contributed by atoms with Crippen LogP contribution < -0.4 is 10.3 Å². The molecule has 3 aromatic carbocycles. The molecule has 1 atom stereocenters. The molecule has 0 fully saturated rings. The Labute approximate surface area is 200 Å². The number of rotatable bonds is 2. The van der Waals surface area contributed by atoms with E-state index in [0.29, 0.717) is 37.3 Å². The van der Waals surface area contributed by atoms with Crippen LogP contribution in [0.5, 0.6) is 0 Å². The lowest BCUT2D eigenvalue weighted by Gasteiger charge is -2.25. The van der Waals surface area contributed by atoms with Crippen LogP contribution in [-0.2, 0) is 0 Å². The summed E-state index contributed by atoms with van der Waals surface area (Å²) in [6.45, 7) is 0. The molecule has 1 unspecified atom stereocenters. The first-order chi connectivity index (χ1) is 14.8. The molecule has 0 N–H and O–H groups in total. The molecule has 0 aliphatic carbocycles. The molecular weight excluding hydrogens is 525 g/mol. The molecule has 0 saturated carbocycles. The lowest BCUT2D eigenvalue weighted by molar-refractivity contribution is 0.0971. The van der Waals surface area contributed by atoms with Crippen molar-refractivity contribution in [2.24, 2.45) is 0 Å². The van der Waals surface area contributed by atoms with Gasteiger partial charge < -0.3 is 4.42 Å². The van der Waals surface area contributed by atoms with Crippen LogP contribution in [-0.4, -0.2) is 5.91 Å². The van der Waals surface area contributed by atoms with Crippen molar-refractivity contribution in [3.63, 3.8) is 0 Å². The van der Waals surface area contributed by atoms with E-state index in [-0.39, 0.29) is 16.8 Å². The molecule has 0 bridgehead atoms. The number of nitrogens with zero attached hydrogens (tertiary/aromatic N) is 1. The van der Waals surface area contributed by atoms with Crippen LogP contribution in [0, 0.1) is 0 Å². The Morgan fingerprint density at radius 2 is 1.61 bits per heavy atom. The Bertz CT molecular complexity index is 1430. The number of fused-ring (bicyclic) bond motifs is 2. The second kappa shape index (κ2) is 7.68. The van der Waals surface area contributed by atoms with Gasteiger partial charge in [0.15, 0.2) is 5.43 Å². The van der Waals surface area contributed by atoms with Crippen molar-refractivity contribution in [3.8, 4) is 0 Å². The quantitative estimate of drug-likeness (QED) is 0.271. The highest BCUT2D eigenvalue weighted by Crippen LogP contribution is 2.42. The van der Waals surface area contributed by atoms with Crippen LogP contribution in [0.25, 0.3) is 11.0 Å². The minimum Gasteiger partial charge on any atom is -0.450 e. The highest BCUT2D eigenvalue weighted by Gasteiger charge is 2.43. The number of amides is 1. The Morgan fingerprint density at radius 1 is 0.871 bits per heavy atom. The average molecular weight is 536 g/mol. The summed E-state index contributed by atoms with van der Waals surface area (Å²) in [7, 11) is 0. The Balaban J connectivity index is 1.83. The zero-order valence-electron chi connectivity index (χ0n) is 15.5. The topological polar surface area (TPSA) is 50.5 Å². The fourth-order valence-corrected chi connectivity index (χ4v) is 4.55. The van der Waals surface area contributed by atoms with Crippen LogP contribution >= 0.6 is 50.7 Å². The average Bonchev–Trinajstić information content (AvgIpc) is 3.04. The van der Waals surface area contributed by atoms with Gasteiger partial charge in [-0.1, -0.05) is 56.8 Å². The standard InChI is InChI=1S/C23H11BrCl3NO3/c24-12-2-5-14(6-3-12)28-20(11-1-7-16(26)17(27)9-11)19-21(29)15-10-13(25)4-8-18(15)31-22(19)23(28)30/h1-10,20H. The third-order valence-corrected chi connectivity index (χ3v) is 6.70. The van der Waals surface area contributed by atoms with Gasteiger partial charge in [-0.3, -0.25) is 14.5 Å². The summed E-state index contributed by atoms with van der Waals surface area (Å²) in [6.07, 6.45) is 0. The van der Waals surface area contributed by atoms with E-state index < -0.39 is 11.9 Å². The predicted octanol–water partition coefficient (Wildman–Crippen LogP) is 7.27. The molecule has 4 aromatic rings. The van der Waals surface area contributed by atoms with Crippen molar-refractivity contribution in [2.75, 3.05) is 4.90 Å². The zero-order valence-corrected chi connectivity index (χ0v) is 19.4. The molecule has 0 saturated heterocycles. The summed E-state index contributed by atoms with van der Waals surface area (Å²) < 4.78 is 6.78. The van der Waals surface area contributed by atoms with E-state index in [1.807, 2.05) is 12.1 Å². The predicted molar refractivity (Wildman–Crippen MR) is 127 cm³/mol. The van der Waals surface area contributed by atoms with Gasteiger partial charge in [-0.05, 0) is 60.2 Å². The third kappa shape index (κ3) is 3.37.